The highest BCUT2D eigenvalue weighted by Crippen LogP contribution is 2.24. The Balaban J connectivity index is 2.54. The normalized spacial score (nSPS) is 26.5. The number of halogens is 1. The summed E-state index contributed by atoms with van der Waals surface area (Å²) in [4.78, 5) is 23.1. The maximum atomic E-state index is 13.5. The number of carbonyl (C=O) groups excluding carboxylic acids is 2. The van der Waals surface area contributed by atoms with Gasteiger partial charge in [-0.1, -0.05) is 0 Å². The number of rotatable bonds is 1. The smallest absolute Gasteiger partial charge is 0.410 e. The van der Waals surface area contributed by atoms with Crippen LogP contribution >= 0.6 is 0 Å². The first kappa shape index (κ1) is 11.9. The molecule has 0 radical (unpaired) electrons. The first-order chi connectivity index (χ1) is 6.76. The van der Waals surface area contributed by atoms with Crippen LogP contribution in [0.2, 0.25) is 0 Å². The molecule has 1 aliphatic heterocycles. The molecule has 0 aliphatic carbocycles. The average molecular weight is 217 g/mol. The van der Waals surface area contributed by atoms with Gasteiger partial charge >= 0.3 is 6.09 Å². The molecule has 0 aromatic rings. The largest absolute Gasteiger partial charge is 0.444 e. The molecule has 1 atom stereocenters. The van der Waals surface area contributed by atoms with Crippen LogP contribution in [0.1, 0.15) is 27.2 Å². The van der Waals surface area contributed by atoms with Gasteiger partial charge in [-0.05, 0) is 20.8 Å². The van der Waals surface area contributed by atoms with E-state index in [9.17, 15) is 14.0 Å². The van der Waals surface area contributed by atoms with E-state index in [1.54, 1.807) is 20.8 Å². The van der Waals surface area contributed by atoms with Crippen LogP contribution < -0.4 is 0 Å². The van der Waals surface area contributed by atoms with Gasteiger partial charge < -0.3 is 9.64 Å². The van der Waals surface area contributed by atoms with E-state index in [2.05, 4.69) is 0 Å². The maximum absolute atomic E-state index is 13.5. The van der Waals surface area contributed by atoms with Crippen molar-refractivity contribution in [3.8, 4) is 0 Å². The van der Waals surface area contributed by atoms with Crippen LogP contribution in [-0.2, 0) is 9.53 Å². The number of ether oxygens (including phenoxy) is 1. The zero-order chi connectivity index (χ0) is 11.7. The molecular formula is C10H16FNO3. The highest BCUT2D eigenvalue weighted by Gasteiger charge is 2.41. The Kier molecular flexibility index (Phi) is 3.02. The van der Waals surface area contributed by atoms with Gasteiger partial charge in [-0.3, -0.25) is 4.79 Å². The summed E-state index contributed by atoms with van der Waals surface area (Å²) in [6.07, 6.45) is -0.253. The van der Waals surface area contributed by atoms with Gasteiger partial charge in [0.05, 0.1) is 6.54 Å². The van der Waals surface area contributed by atoms with Crippen molar-refractivity contribution in [1.82, 2.24) is 4.90 Å². The van der Waals surface area contributed by atoms with E-state index in [4.69, 9.17) is 4.74 Å². The lowest BCUT2D eigenvalue weighted by Gasteiger charge is -2.24. The number of aldehydes is 1. The van der Waals surface area contributed by atoms with Crippen LogP contribution in [-0.4, -0.2) is 41.6 Å². The molecular weight excluding hydrogens is 201 g/mol. The molecule has 0 aromatic carbocycles. The quantitative estimate of drug-likeness (QED) is 0.626. The highest BCUT2D eigenvalue weighted by molar-refractivity contribution is 5.72. The summed E-state index contributed by atoms with van der Waals surface area (Å²) in [5.74, 6) is 0. The maximum Gasteiger partial charge on any atom is 0.410 e. The Labute approximate surface area is 88.4 Å². The summed E-state index contributed by atoms with van der Waals surface area (Å²) in [5, 5.41) is 0. The van der Waals surface area contributed by atoms with E-state index >= 15 is 0 Å². The van der Waals surface area contributed by atoms with Crippen LogP contribution in [0.4, 0.5) is 9.18 Å². The van der Waals surface area contributed by atoms with Crippen LogP contribution in [0.15, 0.2) is 0 Å². The van der Waals surface area contributed by atoms with Crippen molar-refractivity contribution in [2.45, 2.75) is 38.5 Å². The average Bonchev–Trinajstić information content (AvgIpc) is 2.46. The van der Waals surface area contributed by atoms with E-state index < -0.39 is 17.4 Å². The van der Waals surface area contributed by atoms with Crippen molar-refractivity contribution in [3.63, 3.8) is 0 Å². The predicted octanol–water partition coefficient (Wildman–Crippen LogP) is 1.53. The number of carbonyl (C=O) groups is 2. The highest BCUT2D eigenvalue weighted by atomic mass is 19.1. The monoisotopic (exact) mass is 217 g/mol. The van der Waals surface area contributed by atoms with Crippen molar-refractivity contribution < 1.29 is 18.7 Å². The fourth-order valence-electron chi connectivity index (χ4n) is 1.37. The second-order valence-corrected chi connectivity index (χ2v) is 4.80. The lowest BCUT2D eigenvalue weighted by atomic mass is 10.1. The van der Waals surface area contributed by atoms with Crippen molar-refractivity contribution in [2.24, 2.45) is 0 Å². The minimum Gasteiger partial charge on any atom is -0.444 e. The number of nitrogens with zero attached hydrogens (tertiary/aromatic N) is 1. The molecule has 0 spiro atoms. The van der Waals surface area contributed by atoms with Crippen molar-refractivity contribution in [3.05, 3.63) is 0 Å². The van der Waals surface area contributed by atoms with Gasteiger partial charge in [0.1, 0.15) is 5.60 Å². The Morgan fingerprint density at radius 3 is 2.53 bits per heavy atom. The van der Waals surface area contributed by atoms with Crippen molar-refractivity contribution in [1.29, 1.82) is 0 Å². The van der Waals surface area contributed by atoms with Crippen molar-refractivity contribution >= 4 is 12.4 Å². The van der Waals surface area contributed by atoms with Crippen LogP contribution in [0.5, 0.6) is 0 Å². The molecule has 1 saturated heterocycles. The molecule has 86 valence electrons. The second kappa shape index (κ2) is 3.79. The number of hydrogen-bond acceptors (Lipinski definition) is 3. The Bertz CT molecular complexity index is 274. The lowest BCUT2D eigenvalue weighted by Crippen LogP contribution is -2.38. The third-order valence-electron chi connectivity index (χ3n) is 2.11. The Morgan fingerprint density at radius 1 is 1.53 bits per heavy atom. The summed E-state index contributed by atoms with van der Waals surface area (Å²) in [6.45, 7) is 5.24. The Hall–Kier alpha value is -1.13. The third kappa shape index (κ3) is 3.18. The SMILES string of the molecule is CC(C)(C)OC(=O)N1CC[C@@](F)(C=O)C1. The molecule has 0 aromatic heterocycles. The fourth-order valence-corrected chi connectivity index (χ4v) is 1.37. The summed E-state index contributed by atoms with van der Waals surface area (Å²) in [5.41, 5.74) is -2.49. The van der Waals surface area contributed by atoms with Gasteiger partial charge in [0, 0.05) is 13.0 Å². The summed E-state index contributed by atoms with van der Waals surface area (Å²) < 4.78 is 18.5. The zero-order valence-corrected chi connectivity index (χ0v) is 9.25. The van der Waals surface area contributed by atoms with Gasteiger partial charge in [-0.25, -0.2) is 9.18 Å². The van der Waals surface area contributed by atoms with E-state index in [-0.39, 0.29) is 25.8 Å². The number of likely N-dealkylation sites (tertiary alicyclic amines) is 1. The minimum absolute atomic E-state index is 0.0513. The molecule has 5 heteroatoms. The second-order valence-electron chi connectivity index (χ2n) is 4.80. The fraction of sp³-hybridized carbons (Fsp3) is 0.800. The van der Waals surface area contributed by atoms with Gasteiger partial charge in [-0.15, -0.1) is 0 Å². The molecule has 0 saturated carbocycles. The number of alkyl halides is 1. The van der Waals surface area contributed by atoms with E-state index in [0.717, 1.165) is 0 Å². The molecule has 0 N–H and O–H groups in total. The van der Waals surface area contributed by atoms with E-state index in [1.807, 2.05) is 0 Å². The first-order valence-electron chi connectivity index (χ1n) is 4.89. The van der Waals surface area contributed by atoms with E-state index in [1.165, 1.54) is 4.90 Å². The molecule has 1 aliphatic rings. The summed E-state index contributed by atoms with van der Waals surface area (Å²) in [6, 6.07) is 0. The lowest BCUT2D eigenvalue weighted by molar-refractivity contribution is -0.117. The topological polar surface area (TPSA) is 46.6 Å². The van der Waals surface area contributed by atoms with Gasteiger partial charge in [0.2, 0.25) is 0 Å². The standard InChI is InChI=1S/C10H16FNO3/c1-9(2,3)15-8(14)12-5-4-10(11,6-12)7-13/h7H,4-6H2,1-3H3/t10-/m0/s1. The predicted molar refractivity (Wildman–Crippen MR) is 52.3 cm³/mol. The van der Waals surface area contributed by atoms with Crippen LogP contribution in [0, 0.1) is 0 Å². The summed E-state index contributed by atoms with van der Waals surface area (Å²) >= 11 is 0. The summed E-state index contributed by atoms with van der Waals surface area (Å²) in [7, 11) is 0. The molecule has 4 nitrogen and oxygen atoms in total. The van der Waals surface area contributed by atoms with Gasteiger partial charge in [-0.2, -0.15) is 0 Å². The molecule has 1 rings (SSSR count). The molecule has 1 heterocycles. The third-order valence-corrected chi connectivity index (χ3v) is 2.11. The van der Waals surface area contributed by atoms with Gasteiger partial charge in [0.25, 0.3) is 0 Å². The van der Waals surface area contributed by atoms with Gasteiger partial charge in [0.15, 0.2) is 12.0 Å². The Morgan fingerprint density at radius 2 is 2.13 bits per heavy atom. The molecule has 1 amide bonds. The molecule has 0 bridgehead atoms. The van der Waals surface area contributed by atoms with Crippen LogP contribution in [0.25, 0.3) is 0 Å². The molecule has 1 fully saturated rings. The minimum atomic E-state index is -1.89. The number of amides is 1. The zero-order valence-electron chi connectivity index (χ0n) is 9.25. The molecule has 15 heavy (non-hydrogen) atoms. The first-order valence-corrected chi connectivity index (χ1v) is 4.89. The van der Waals surface area contributed by atoms with E-state index in [0.29, 0.717) is 0 Å². The van der Waals surface area contributed by atoms with Crippen LogP contribution in [0.3, 0.4) is 0 Å². The van der Waals surface area contributed by atoms with Crippen molar-refractivity contribution in [2.75, 3.05) is 13.1 Å². The number of hydrogen-bond donors (Lipinski definition) is 0. The molecule has 0 unspecified atom stereocenters.